The van der Waals surface area contributed by atoms with Crippen LogP contribution in [0.4, 0.5) is 0 Å². The molecule has 0 saturated carbocycles. The minimum Gasteiger partial charge on any atom is -0.394 e. The SMILES string of the molecule is CC/C=C\C/C=C\C/C=C\C/C=C\C/C=C\CCCCCCCCCCCCCCCCCC(=O)NC(CO)C(O)/C=C/CCCCCCCCCCCCCCCCCCCCCCCC. The first-order valence-corrected chi connectivity index (χ1v) is 29.7. The molecule has 0 fully saturated rings. The molecule has 2 atom stereocenters. The molecule has 0 heterocycles. The quantitative estimate of drug-likeness (QED) is 0.0420. The van der Waals surface area contributed by atoms with E-state index in [2.05, 4.69) is 79.9 Å². The van der Waals surface area contributed by atoms with Crippen molar-refractivity contribution in [1.82, 2.24) is 5.32 Å². The summed E-state index contributed by atoms with van der Waals surface area (Å²) in [5.74, 6) is -0.0626. The van der Waals surface area contributed by atoms with Crippen LogP contribution in [-0.4, -0.2) is 34.9 Å². The molecule has 0 aromatic rings. The predicted molar refractivity (Wildman–Crippen MR) is 299 cm³/mol. The smallest absolute Gasteiger partial charge is 0.220 e. The molecule has 0 aliphatic heterocycles. The summed E-state index contributed by atoms with van der Waals surface area (Å²) in [6.07, 6.45) is 83.6. The molecule has 1 amide bonds. The molecule has 0 aromatic carbocycles. The van der Waals surface area contributed by atoms with Gasteiger partial charge in [0.15, 0.2) is 0 Å². The van der Waals surface area contributed by atoms with Crippen LogP contribution in [0.15, 0.2) is 72.9 Å². The fraction of sp³-hybridized carbons (Fsp3) is 0.794. The van der Waals surface area contributed by atoms with E-state index in [9.17, 15) is 15.0 Å². The highest BCUT2D eigenvalue weighted by molar-refractivity contribution is 5.76. The van der Waals surface area contributed by atoms with Crippen molar-refractivity contribution < 1.29 is 15.0 Å². The van der Waals surface area contributed by atoms with E-state index in [0.717, 1.165) is 57.8 Å². The number of aliphatic hydroxyl groups is 2. The van der Waals surface area contributed by atoms with Gasteiger partial charge in [-0.05, 0) is 64.2 Å². The molecule has 0 radical (unpaired) electrons. The molecule has 67 heavy (non-hydrogen) atoms. The largest absolute Gasteiger partial charge is 0.394 e. The van der Waals surface area contributed by atoms with Gasteiger partial charge in [0.25, 0.3) is 0 Å². The lowest BCUT2D eigenvalue weighted by molar-refractivity contribution is -0.123. The van der Waals surface area contributed by atoms with Gasteiger partial charge in [-0.15, -0.1) is 0 Å². The van der Waals surface area contributed by atoms with Crippen molar-refractivity contribution in [2.45, 2.75) is 315 Å². The minimum absolute atomic E-state index is 0.0626. The average Bonchev–Trinajstić information content (AvgIpc) is 3.33. The zero-order valence-corrected chi connectivity index (χ0v) is 44.9. The normalized spacial score (nSPS) is 13.3. The Morgan fingerprint density at radius 3 is 0.985 bits per heavy atom. The number of carbonyl (C=O) groups is 1. The first kappa shape index (κ1) is 64.8. The highest BCUT2D eigenvalue weighted by atomic mass is 16.3. The third-order valence-electron chi connectivity index (χ3n) is 13.4. The fourth-order valence-corrected chi connectivity index (χ4v) is 8.97. The van der Waals surface area contributed by atoms with Crippen LogP contribution < -0.4 is 5.32 Å². The molecule has 0 aromatic heterocycles. The van der Waals surface area contributed by atoms with Crippen molar-refractivity contribution in [3.05, 3.63) is 72.9 Å². The second-order valence-corrected chi connectivity index (χ2v) is 20.0. The van der Waals surface area contributed by atoms with E-state index >= 15 is 0 Å². The van der Waals surface area contributed by atoms with Crippen molar-refractivity contribution in [1.29, 1.82) is 0 Å². The van der Waals surface area contributed by atoms with Crippen LogP contribution in [0.25, 0.3) is 0 Å². The zero-order valence-electron chi connectivity index (χ0n) is 44.9. The van der Waals surface area contributed by atoms with Crippen molar-refractivity contribution in [3.63, 3.8) is 0 Å². The number of nitrogens with one attached hydrogen (secondary N) is 1. The summed E-state index contributed by atoms with van der Waals surface area (Å²) >= 11 is 0. The molecular weight excluding hydrogens is 819 g/mol. The van der Waals surface area contributed by atoms with Crippen molar-refractivity contribution >= 4 is 5.91 Å². The third-order valence-corrected chi connectivity index (χ3v) is 13.4. The van der Waals surface area contributed by atoms with Crippen LogP contribution in [0.1, 0.15) is 303 Å². The maximum Gasteiger partial charge on any atom is 0.220 e. The lowest BCUT2D eigenvalue weighted by Crippen LogP contribution is -2.45. The molecule has 0 aliphatic carbocycles. The summed E-state index contributed by atoms with van der Waals surface area (Å²) in [7, 11) is 0. The standard InChI is InChI=1S/C63H115NO3/c1-3-5-7-9-11-13-15-17-19-21-23-25-27-29-30-31-32-33-34-35-37-39-41-43-45-47-49-51-53-55-57-59-63(67)64-61(60-65)62(66)58-56-54-52-50-48-46-44-42-40-38-36-28-26-24-22-20-18-16-14-12-10-8-6-4-2/h5,7,11,13,17,19,23,25,29-30,56,58,61-62,65-66H,3-4,6,8-10,12,14-16,18,20-22,24,26-28,31-55,57,59-60H2,1-2H3,(H,64,67)/b7-5-,13-11-,19-17-,25-23-,30-29-,58-56+. The molecule has 0 bridgehead atoms. The molecule has 0 spiro atoms. The Balaban J connectivity index is 3.50. The predicted octanol–water partition coefficient (Wildman–Crippen LogP) is 19.8. The van der Waals surface area contributed by atoms with Gasteiger partial charge in [0, 0.05) is 6.42 Å². The average molecular weight is 935 g/mol. The number of hydrogen-bond donors (Lipinski definition) is 3. The van der Waals surface area contributed by atoms with Crippen LogP contribution in [-0.2, 0) is 4.79 Å². The van der Waals surface area contributed by atoms with Crippen LogP contribution in [0.2, 0.25) is 0 Å². The van der Waals surface area contributed by atoms with E-state index in [1.807, 2.05) is 6.08 Å². The van der Waals surface area contributed by atoms with E-state index in [1.54, 1.807) is 6.08 Å². The van der Waals surface area contributed by atoms with Crippen LogP contribution in [0.5, 0.6) is 0 Å². The number of unbranched alkanes of at least 4 members (excludes halogenated alkanes) is 37. The number of amides is 1. The van der Waals surface area contributed by atoms with E-state index in [0.29, 0.717) is 6.42 Å². The van der Waals surface area contributed by atoms with Gasteiger partial charge in [-0.3, -0.25) is 4.79 Å². The van der Waals surface area contributed by atoms with Gasteiger partial charge in [-0.25, -0.2) is 0 Å². The lowest BCUT2D eigenvalue weighted by Gasteiger charge is -2.20. The minimum atomic E-state index is -0.843. The molecule has 4 heteroatoms. The van der Waals surface area contributed by atoms with E-state index in [1.165, 1.54) is 225 Å². The Labute approximate surface area is 419 Å². The van der Waals surface area contributed by atoms with Gasteiger partial charge in [0.2, 0.25) is 5.91 Å². The maximum atomic E-state index is 12.5. The number of rotatable bonds is 54. The van der Waals surface area contributed by atoms with E-state index in [4.69, 9.17) is 0 Å². The van der Waals surface area contributed by atoms with Crippen LogP contribution >= 0.6 is 0 Å². The Bertz CT molecular complexity index is 1150. The Morgan fingerprint density at radius 2 is 0.657 bits per heavy atom. The first-order valence-electron chi connectivity index (χ1n) is 29.7. The molecule has 0 aliphatic rings. The number of carbonyl (C=O) groups excluding carboxylic acids is 1. The fourth-order valence-electron chi connectivity index (χ4n) is 8.97. The van der Waals surface area contributed by atoms with Gasteiger partial charge in [-0.2, -0.15) is 0 Å². The van der Waals surface area contributed by atoms with Gasteiger partial charge in [0.05, 0.1) is 18.8 Å². The van der Waals surface area contributed by atoms with Crippen molar-refractivity contribution in [2.75, 3.05) is 6.61 Å². The molecule has 2 unspecified atom stereocenters. The Hall–Kier alpha value is -2.17. The molecule has 0 saturated heterocycles. The summed E-state index contributed by atoms with van der Waals surface area (Å²) in [6.45, 7) is 4.22. The zero-order chi connectivity index (χ0) is 48.5. The molecular formula is C63H115NO3. The first-order chi connectivity index (χ1) is 33.2. The highest BCUT2D eigenvalue weighted by Gasteiger charge is 2.18. The van der Waals surface area contributed by atoms with Crippen LogP contribution in [0.3, 0.4) is 0 Å². The number of aliphatic hydroxyl groups excluding tert-OH is 2. The third kappa shape index (κ3) is 54.6. The van der Waals surface area contributed by atoms with Gasteiger partial charge >= 0.3 is 0 Å². The molecule has 390 valence electrons. The number of hydrogen-bond acceptors (Lipinski definition) is 3. The van der Waals surface area contributed by atoms with E-state index in [-0.39, 0.29) is 12.5 Å². The summed E-state index contributed by atoms with van der Waals surface area (Å²) in [5, 5.41) is 23.2. The van der Waals surface area contributed by atoms with Crippen molar-refractivity contribution in [2.24, 2.45) is 0 Å². The van der Waals surface area contributed by atoms with Gasteiger partial charge < -0.3 is 15.5 Å². The summed E-state index contributed by atoms with van der Waals surface area (Å²) in [4.78, 5) is 12.5. The van der Waals surface area contributed by atoms with Crippen molar-refractivity contribution in [3.8, 4) is 0 Å². The van der Waals surface area contributed by atoms with Crippen LogP contribution in [0, 0.1) is 0 Å². The summed E-state index contributed by atoms with van der Waals surface area (Å²) in [6, 6.07) is -0.626. The topological polar surface area (TPSA) is 69.6 Å². The Kier molecular flexibility index (Phi) is 56.3. The van der Waals surface area contributed by atoms with E-state index < -0.39 is 12.1 Å². The second kappa shape index (κ2) is 58.1. The Morgan fingerprint density at radius 1 is 0.373 bits per heavy atom. The molecule has 4 nitrogen and oxygen atoms in total. The second-order valence-electron chi connectivity index (χ2n) is 20.0. The molecule has 3 N–H and O–H groups in total. The monoisotopic (exact) mass is 934 g/mol. The summed E-state index contributed by atoms with van der Waals surface area (Å²) < 4.78 is 0. The lowest BCUT2D eigenvalue weighted by atomic mass is 10.0. The maximum absolute atomic E-state index is 12.5. The highest BCUT2D eigenvalue weighted by Crippen LogP contribution is 2.17. The van der Waals surface area contributed by atoms with Gasteiger partial charge in [-0.1, -0.05) is 305 Å². The molecule has 0 rings (SSSR count). The van der Waals surface area contributed by atoms with Gasteiger partial charge in [0.1, 0.15) is 0 Å². The number of allylic oxidation sites excluding steroid dienone is 11. The summed E-state index contributed by atoms with van der Waals surface area (Å²) in [5.41, 5.74) is 0.